The average molecular weight is 413 g/mol. The Hall–Kier alpha value is -2.86. The van der Waals surface area contributed by atoms with Crippen molar-refractivity contribution in [2.75, 3.05) is 0 Å². The highest BCUT2D eigenvalue weighted by Gasteiger charge is 2.16. The lowest BCUT2D eigenvalue weighted by molar-refractivity contribution is -0.128. The van der Waals surface area contributed by atoms with E-state index in [1.165, 1.54) is 0 Å². The summed E-state index contributed by atoms with van der Waals surface area (Å²) in [4.78, 5) is 24.1. The molecule has 0 radical (unpaired) electrons. The van der Waals surface area contributed by atoms with Crippen LogP contribution in [0, 0.1) is 0 Å². The summed E-state index contributed by atoms with van der Waals surface area (Å²) in [5.74, 6) is -0.252. The monoisotopic (exact) mass is 412 g/mol. The van der Waals surface area contributed by atoms with Crippen molar-refractivity contribution >= 4 is 38.5 Å². The van der Waals surface area contributed by atoms with Crippen molar-refractivity contribution in [1.29, 1.82) is 0 Å². The fourth-order valence-corrected chi connectivity index (χ4v) is 2.66. The van der Waals surface area contributed by atoms with Crippen molar-refractivity contribution in [3.8, 4) is 5.75 Å². The van der Waals surface area contributed by atoms with Crippen LogP contribution < -0.4 is 15.6 Å². The Morgan fingerprint density at radius 2 is 1.62 bits per heavy atom. The number of hydrogen-bond donors (Lipinski definition) is 2. The van der Waals surface area contributed by atoms with E-state index in [9.17, 15) is 9.59 Å². The summed E-state index contributed by atoms with van der Waals surface area (Å²) in [5.41, 5.74) is 5.20. The number of hydrogen-bond acceptors (Lipinski definition) is 3. The number of nitrogens with one attached hydrogen (secondary N) is 2. The molecule has 0 saturated carbocycles. The van der Waals surface area contributed by atoms with Crippen LogP contribution >= 0.6 is 15.9 Å². The highest BCUT2D eigenvalue weighted by atomic mass is 79.9. The Morgan fingerprint density at radius 3 is 2.35 bits per heavy atom. The smallest absolute Gasteiger partial charge is 0.279 e. The summed E-state index contributed by atoms with van der Waals surface area (Å²) in [6, 6.07) is 20.3. The molecule has 0 spiro atoms. The van der Waals surface area contributed by atoms with Crippen LogP contribution in [-0.4, -0.2) is 17.9 Å². The van der Waals surface area contributed by atoms with E-state index in [0.717, 1.165) is 15.2 Å². The summed E-state index contributed by atoms with van der Waals surface area (Å²) in [7, 11) is 0. The topological polar surface area (TPSA) is 67.4 Å². The molecule has 0 aromatic heterocycles. The van der Waals surface area contributed by atoms with Gasteiger partial charge in [-0.2, -0.15) is 0 Å². The van der Waals surface area contributed by atoms with E-state index in [-0.39, 0.29) is 0 Å². The number of rotatable bonds is 4. The Balaban J connectivity index is 1.56. The van der Waals surface area contributed by atoms with E-state index >= 15 is 0 Å². The molecule has 3 rings (SSSR count). The van der Waals surface area contributed by atoms with Crippen LogP contribution in [-0.2, 0) is 4.79 Å². The minimum Gasteiger partial charge on any atom is -0.481 e. The Kier molecular flexibility index (Phi) is 5.53. The average Bonchev–Trinajstić information content (AvgIpc) is 2.66. The zero-order valence-corrected chi connectivity index (χ0v) is 15.6. The van der Waals surface area contributed by atoms with Gasteiger partial charge in [-0.1, -0.05) is 46.3 Å². The summed E-state index contributed by atoms with van der Waals surface area (Å²) in [5, 5.41) is 2.12. The van der Waals surface area contributed by atoms with Gasteiger partial charge in [0.25, 0.3) is 11.8 Å². The van der Waals surface area contributed by atoms with Gasteiger partial charge in [0, 0.05) is 10.0 Å². The first-order valence-electron chi connectivity index (χ1n) is 8.04. The Bertz CT molecular complexity index is 941. The van der Waals surface area contributed by atoms with Gasteiger partial charge in [-0.25, -0.2) is 0 Å². The van der Waals surface area contributed by atoms with E-state index in [1.54, 1.807) is 31.2 Å². The highest BCUT2D eigenvalue weighted by Crippen LogP contribution is 2.21. The van der Waals surface area contributed by atoms with Crippen molar-refractivity contribution in [1.82, 2.24) is 10.9 Å². The molecule has 3 aromatic rings. The molecule has 6 heteroatoms. The number of fused-ring (bicyclic) bond motifs is 1. The maximum Gasteiger partial charge on any atom is 0.279 e. The largest absolute Gasteiger partial charge is 0.481 e. The summed E-state index contributed by atoms with van der Waals surface area (Å²) < 4.78 is 6.54. The molecule has 0 bridgehead atoms. The third-order valence-corrected chi connectivity index (χ3v) is 4.34. The first-order chi connectivity index (χ1) is 12.5. The third kappa shape index (κ3) is 4.40. The normalized spacial score (nSPS) is 11.6. The molecule has 3 aromatic carbocycles. The van der Waals surface area contributed by atoms with Crippen molar-refractivity contribution in [3.63, 3.8) is 0 Å². The van der Waals surface area contributed by atoms with Crippen LogP contribution in [0.15, 0.2) is 71.2 Å². The highest BCUT2D eigenvalue weighted by molar-refractivity contribution is 9.10. The van der Waals surface area contributed by atoms with Gasteiger partial charge >= 0.3 is 0 Å². The lowest BCUT2D eigenvalue weighted by Crippen LogP contribution is -2.47. The number of carbonyl (C=O) groups excluding carboxylic acids is 2. The summed E-state index contributed by atoms with van der Waals surface area (Å²) in [6.45, 7) is 1.62. The number of halogens is 1. The molecular formula is C20H17BrN2O3. The molecule has 0 aliphatic heterocycles. The van der Waals surface area contributed by atoms with Crippen LogP contribution in [0.1, 0.15) is 17.3 Å². The van der Waals surface area contributed by atoms with E-state index in [0.29, 0.717) is 11.3 Å². The molecule has 0 aliphatic carbocycles. The summed E-state index contributed by atoms with van der Waals surface area (Å²) >= 11 is 3.30. The van der Waals surface area contributed by atoms with Crippen molar-refractivity contribution in [3.05, 3.63) is 76.8 Å². The molecule has 0 heterocycles. The first-order valence-corrected chi connectivity index (χ1v) is 8.83. The molecule has 2 N–H and O–H groups in total. The maximum absolute atomic E-state index is 12.1. The standard InChI is InChI=1S/C20H17BrN2O3/c1-13(26-18-11-8-14-4-2-3-5-16(14)12-18)19(24)22-23-20(25)15-6-9-17(21)10-7-15/h2-13H,1H3,(H,22,24)(H,23,25). The van der Waals surface area contributed by atoms with E-state index in [2.05, 4.69) is 26.8 Å². The van der Waals surface area contributed by atoms with Crippen LogP contribution in [0.5, 0.6) is 5.75 Å². The first kappa shape index (κ1) is 17.9. The fourth-order valence-electron chi connectivity index (χ4n) is 2.39. The third-order valence-electron chi connectivity index (χ3n) is 3.81. The van der Waals surface area contributed by atoms with Crippen molar-refractivity contribution in [2.45, 2.75) is 13.0 Å². The Morgan fingerprint density at radius 1 is 0.923 bits per heavy atom. The van der Waals surface area contributed by atoms with Crippen LogP contribution in [0.25, 0.3) is 10.8 Å². The molecule has 0 fully saturated rings. The second-order valence-electron chi connectivity index (χ2n) is 5.72. The number of amides is 2. The lowest BCUT2D eigenvalue weighted by atomic mass is 10.1. The van der Waals surface area contributed by atoms with E-state index < -0.39 is 17.9 Å². The lowest BCUT2D eigenvalue weighted by Gasteiger charge is -2.15. The van der Waals surface area contributed by atoms with Crippen molar-refractivity contribution in [2.24, 2.45) is 0 Å². The molecule has 2 amide bonds. The van der Waals surface area contributed by atoms with Gasteiger partial charge in [-0.3, -0.25) is 20.4 Å². The Labute approximate surface area is 159 Å². The van der Waals surface area contributed by atoms with Gasteiger partial charge in [0.05, 0.1) is 0 Å². The van der Waals surface area contributed by atoms with E-state index in [1.807, 2.05) is 42.5 Å². The number of benzene rings is 3. The quantitative estimate of drug-likeness (QED) is 0.639. The minimum absolute atomic E-state index is 0.399. The van der Waals surface area contributed by atoms with Gasteiger partial charge in [-0.15, -0.1) is 0 Å². The van der Waals surface area contributed by atoms with Crippen molar-refractivity contribution < 1.29 is 14.3 Å². The van der Waals surface area contributed by atoms with Crippen LogP contribution in [0.3, 0.4) is 0 Å². The number of carbonyl (C=O) groups is 2. The predicted molar refractivity (Wildman–Crippen MR) is 104 cm³/mol. The van der Waals surface area contributed by atoms with Gasteiger partial charge in [-0.05, 0) is 54.1 Å². The number of ether oxygens (including phenoxy) is 1. The second kappa shape index (κ2) is 8.01. The second-order valence-corrected chi connectivity index (χ2v) is 6.63. The number of hydrazine groups is 1. The fraction of sp³-hybridized carbons (Fsp3) is 0.100. The molecule has 0 aliphatic rings. The molecular weight excluding hydrogens is 396 g/mol. The zero-order valence-electron chi connectivity index (χ0n) is 14.0. The van der Waals surface area contributed by atoms with Crippen LogP contribution in [0.2, 0.25) is 0 Å². The van der Waals surface area contributed by atoms with Gasteiger partial charge in [0.15, 0.2) is 6.10 Å². The predicted octanol–water partition coefficient (Wildman–Crippen LogP) is 3.83. The van der Waals surface area contributed by atoms with E-state index in [4.69, 9.17) is 4.74 Å². The molecule has 0 saturated heterocycles. The SMILES string of the molecule is CC(Oc1ccc2ccccc2c1)C(=O)NNC(=O)c1ccc(Br)cc1. The van der Waals surface area contributed by atoms with Gasteiger partial charge < -0.3 is 4.74 Å². The molecule has 1 unspecified atom stereocenters. The maximum atomic E-state index is 12.1. The minimum atomic E-state index is -0.763. The van der Waals surface area contributed by atoms with Crippen LogP contribution in [0.4, 0.5) is 0 Å². The van der Waals surface area contributed by atoms with Gasteiger partial charge in [0.2, 0.25) is 0 Å². The van der Waals surface area contributed by atoms with Gasteiger partial charge in [0.1, 0.15) is 5.75 Å². The zero-order chi connectivity index (χ0) is 18.5. The molecule has 1 atom stereocenters. The molecule has 26 heavy (non-hydrogen) atoms. The summed E-state index contributed by atoms with van der Waals surface area (Å²) in [6.07, 6.45) is -0.763. The molecule has 5 nitrogen and oxygen atoms in total. The molecule has 132 valence electrons.